The lowest BCUT2D eigenvalue weighted by Crippen LogP contribution is -2.32. The van der Waals surface area contributed by atoms with Crippen LogP contribution in [-0.2, 0) is 0 Å². The number of hydrogen-bond donors (Lipinski definition) is 2. The molecule has 0 bridgehead atoms. The van der Waals surface area contributed by atoms with Crippen LogP contribution >= 0.6 is 15.9 Å². The molecule has 0 atom stereocenters. The van der Waals surface area contributed by atoms with Crippen LogP contribution in [0.5, 0.6) is 11.5 Å². The lowest BCUT2D eigenvalue weighted by atomic mass is 10.1. The fourth-order valence-electron chi connectivity index (χ4n) is 3.37. The Morgan fingerprint density at radius 2 is 1.93 bits per heavy atom. The van der Waals surface area contributed by atoms with E-state index < -0.39 is 11.2 Å². The second-order valence-corrected chi connectivity index (χ2v) is 7.77. The summed E-state index contributed by atoms with van der Waals surface area (Å²) in [4.78, 5) is 31.1. The van der Waals surface area contributed by atoms with Crippen LogP contribution in [-0.4, -0.2) is 27.7 Å². The highest BCUT2D eigenvalue weighted by molar-refractivity contribution is 9.10. The van der Waals surface area contributed by atoms with Crippen molar-refractivity contribution in [2.45, 2.75) is 6.92 Å². The van der Waals surface area contributed by atoms with Gasteiger partial charge in [0.1, 0.15) is 5.52 Å². The first kappa shape index (κ1) is 18.4. The Kier molecular flexibility index (Phi) is 4.32. The third kappa shape index (κ3) is 3.13. The second-order valence-electron chi connectivity index (χ2n) is 6.86. The minimum absolute atomic E-state index is 0.210. The van der Waals surface area contributed by atoms with Gasteiger partial charge in [-0.2, -0.15) is 5.10 Å². The Balaban J connectivity index is 1.53. The summed E-state index contributed by atoms with van der Waals surface area (Å²) in [6.45, 7) is 2.04. The van der Waals surface area contributed by atoms with Crippen LogP contribution in [0, 0.1) is 0 Å². The molecular weight excluding hydrogens is 452 g/mol. The number of fused-ring (bicyclic) bond motifs is 4. The van der Waals surface area contributed by atoms with Crippen LogP contribution in [0.15, 0.2) is 61.1 Å². The largest absolute Gasteiger partial charge is 0.454 e. The van der Waals surface area contributed by atoms with Crippen molar-refractivity contribution in [3.63, 3.8) is 0 Å². The molecule has 3 heterocycles. The third-order valence-electron chi connectivity index (χ3n) is 4.76. The average Bonchev–Trinajstić information content (AvgIpc) is 3.32. The van der Waals surface area contributed by atoms with E-state index in [1.54, 1.807) is 0 Å². The SMILES string of the molecule is CC(=Cc1ccc2c(c1)OCO2)/C=N/n1c(=O)[nH]c2c([nH]c3ccc(Br)cc32)c1=O. The monoisotopic (exact) mass is 466 g/mol. The topological polar surface area (TPSA) is 101 Å². The standard InChI is InChI=1S/C21H15BrN4O4/c1-11(6-12-2-5-16-17(7-12)30-10-29-16)9-23-26-20(27)19-18(25-21(26)28)14-8-13(22)3-4-15(14)24-19/h2-9,24H,10H2,1H3,(H,25,28)/b11-6?,23-9+. The normalized spacial score (nSPS) is 13.7. The van der Waals surface area contributed by atoms with Gasteiger partial charge in [-0.1, -0.05) is 28.1 Å². The molecule has 150 valence electrons. The molecule has 0 radical (unpaired) electrons. The smallest absolute Gasteiger partial charge is 0.350 e. The first-order valence-corrected chi connectivity index (χ1v) is 9.87. The van der Waals surface area contributed by atoms with E-state index in [2.05, 4.69) is 31.0 Å². The van der Waals surface area contributed by atoms with Crippen LogP contribution in [0.4, 0.5) is 0 Å². The Hall–Kier alpha value is -3.59. The maximum absolute atomic E-state index is 12.8. The summed E-state index contributed by atoms with van der Waals surface area (Å²) in [5.41, 5.74) is 2.01. The number of nitrogens with zero attached hydrogens (tertiary/aromatic N) is 2. The zero-order chi connectivity index (χ0) is 20.8. The highest BCUT2D eigenvalue weighted by atomic mass is 79.9. The summed E-state index contributed by atoms with van der Waals surface area (Å²) >= 11 is 3.40. The van der Waals surface area contributed by atoms with Crippen LogP contribution in [0.3, 0.4) is 0 Å². The fraction of sp³-hybridized carbons (Fsp3) is 0.0952. The molecule has 0 aliphatic carbocycles. The molecule has 30 heavy (non-hydrogen) atoms. The molecule has 5 rings (SSSR count). The van der Waals surface area contributed by atoms with Crippen molar-refractivity contribution in [3.8, 4) is 11.5 Å². The van der Waals surface area contributed by atoms with Gasteiger partial charge in [0.2, 0.25) is 6.79 Å². The van der Waals surface area contributed by atoms with E-state index in [0.29, 0.717) is 17.0 Å². The van der Waals surface area contributed by atoms with Gasteiger partial charge in [-0.3, -0.25) is 4.79 Å². The molecule has 9 heteroatoms. The number of ether oxygens (including phenoxy) is 2. The fourth-order valence-corrected chi connectivity index (χ4v) is 3.73. The zero-order valence-electron chi connectivity index (χ0n) is 15.7. The Morgan fingerprint density at radius 3 is 2.80 bits per heavy atom. The molecule has 0 saturated heterocycles. The van der Waals surface area contributed by atoms with Gasteiger partial charge in [-0.05, 0) is 48.4 Å². The number of allylic oxidation sites excluding steroid dienone is 1. The van der Waals surface area contributed by atoms with E-state index in [1.165, 1.54) is 6.21 Å². The molecule has 0 unspecified atom stereocenters. The third-order valence-corrected chi connectivity index (χ3v) is 5.25. The van der Waals surface area contributed by atoms with Gasteiger partial charge in [-0.15, -0.1) is 4.68 Å². The van der Waals surface area contributed by atoms with Crippen molar-refractivity contribution in [1.82, 2.24) is 14.6 Å². The Labute approximate surface area is 177 Å². The van der Waals surface area contributed by atoms with E-state index in [-0.39, 0.29) is 12.3 Å². The lowest BCUT2D eigenvalue weighted by molar-refractivity contribution is 0.174. The molecule has 1 aliphatic heterocycles. The average molecular weight is 467 g/mol. The lowest BCUT2D eigenvalue weighted by Gasteiger charge is -2.00. The first-order valence-electron chi connectivity index (χ1n) is 9.08. The van der Waals surface area contributed by atoms with E-state index >= 15 is 0 Å². The van der Waals surface area contributed by atoms with Gasteiger partial charge in [0, 0.05) is 15.4 Å². The van der Waals surface area contributed by atoms with Gasteiger partial charge in [-0.25, -0.2) is 4.79 Å². The number of nitrogens with one attached hydrogen (secondary N) is 2. The number of aromatic nitrogens is 3. The Morgan fingerprint density at radius 1 is 1.10 bits per heavy atom. The maximum Gasteiger partial charge on any atom is 0.350 e. The minimum atomic E-state index is -0.611. The minimum Gasteiger partial charge on any atom is -0.454 e. The van der Waals surface area contributed by atoms with Gasteiger partial charge in [0.25, 0.3) is 0 Å². The maximum atomic E-state index is 12.8. The summed E-state index contributed by atoms with van der Waals surface area (Å²) in [5.74, 6) is 1.38. The molecule has 2 N–H and O–H groups in total. The van der Waals surface area contributed by atoms with Crippen molar-refractivity contribution in [3.05, 3.63) is 72.8 Å². The summed E-state index contributed by atoms with van der Waals surface area (Å²) in [6, 6.07) is 11.1. The van der Waals surface area contributed by atoms with Crippen molar-refractivity contribution < 1.29 is 9.47 Å². The molecule has 0 fully saturated rings. The zero-order valence-corrected chi connectivity index (χ0v) is 17.3. The van der Waals surface area contributed by atoms with Gasteiger partial charge < -0.3 is 19.4 Å². The second kappa shape index (κ2) is 7.03. The summed E-state index contributed by atoms with van der Waals surface area (Å²) in [7, 11) is 0. The van der Waals surface area contributed by atoms with Crippen molar-refractivity contribution in [2.75, 3.05) is 6.79 Å². The van der Waals surface area contributed by atoms with Gasteiger partial charge in [0.15, 0.2) is 11.5 Å². The molecule has 2 aromatic carbocycles. The highest BCUT2D eigenvalue weighted by Crippen LogP contribution is 2.33. The van der Waals surface area contributed by atoms with Gasteiger partial charge in [0.05, 0.1) is 11.7 Å². The first-order chi connectivity index (χ1) is 14.5. The number of rotatable bonds is 3. The molecule has 0 amide bonds. The van der Waals surface area contributed by atoms with Crippen molar-refractivity contribution in [2.24, 2.45) is 5.10 Å². The molecule has 0 saturated carbocycles. The van der Waals surface area contributed by atoms with Crippen molar-refractivity contribution in [1.29, 1.82) is 0 Å². The number of halogens is 1. The molecular formula is C21H15BrN4O4. The molecule has 0 spiro atoms. The molecule has 1 aliphatic rings. The summed E-state index contributed by atoms with van der Waals surface area (Å²) in [6.07, 6.45) is 3.33. The molecule has 4 aromatic rings. The van der Waals surface area contributed by atoms with E-state index in [0.717, 1.165) is 31.2 Å². The van der Waals surface area contributed by atoms with Crippen LogP contribution in [0.25, 0.3) is 28.0 Å². The summed E-state index contributed by atoms with van der Waals surface area (Å²) < 4.78 is 12.3. The molecule has 8 nitrogen and oxygen atoms in total. The number of H-pyrrole nitrogens is 2. The van der Waals surface area contributed by atoms with E-state index in [9.17, 15) is 9.59 Å². The predicted octanol–water partition coefficient (Wildman–Crippen LogP) is 3.60. The van der Waals surface area contributed by atoms with Crippen LogP contribution < -0.4 is 20.7 Å². The number of benzene rings is 2. The number of aromatic amines is 2. The number of hydrogen-bond acceptors (Lipinski definition) is 5. The van der Waals surface area contributed by atoms with Crippen LogP contribution in [0.2, 0.25) is 0 Å². The van der Waals surface area contributed by atoms with Gasteiger partial charge >= 0.3 is 11.2 Å². The van der Waals surface area contributed by atoms with Crippen molar-refractivity contribution >= 4 is 50.2 Å². The molecule has 2 aromatic heterocycles. The summed E-state index contributed by atoms with van der Waals surface area (Å²) in [5, 5.41) is 4.85. The van der Waals surface area contributed by atoms with Crippen LogP contribution in [0.1, 0.15) is 12.5 Å². The quantitative estimate of drug-likeness (QED) is 0.450. The van der Waals surface area contributed by atoms with E-state index in [1.807, 2.05) is 49.4 Å². The van der Waals surface area contributed by atoms with E-state index in [4.69, 9.17) is 9.47 Å². The Bertz CT molecular complexity index is 1490. The highest BCUT2D eigenvalue weighted by Gasteiger charge is 2.14. The predicted molar refractivity (Wildman–Crippen MR) is 118 cm³/mol.